The number of nitriles is 1. The van der Waals surface area contributed by atoms with Gasteiger partial charge < -0.3 is 0 Å². The summed E-state index contributed by atoms with van der Waals surface area (Å²) in [6, 6.07) is 11.3. The molecular weight excluding hydrogens is 247 g/mol. The molecular formula is C12H6F3NS. The summed E-state index contributed by atoms with van der Waals surface area (Å²) in [5.74, 6) is 0. The number of benzene rings is 1. The van der Waals surface area contributed by atoms with Gasteiger partial charge in [0.2, 0.25) is 0 Å². The highest BCUT2D eigenvalue weighted by Gasteiger charge is 2.36. The summed E-state index contributed by atoms with van der Waals surface area (Å²) in [5, 5.41) is 8.68. The van der Waals surface area contributed by atoms with E-state index in [1.165, 1.54) is 6.07 Å². The van der Waals surface area contributed by atoms with Crippen molar-refractivity contribution >= 4 is 11.3 Å². The molecule has 2 rings (SSSR count). The van der Waals surface area contributed by atoms with Gasteiger partial charge in [0.05, 0.1) is 0 Å². The van der Waals surface area contributed by atoms with Crippen molar-refractivity contribution in [3.63, 3.8) is 0 Å². The zero-order valence-corrected chi connectivity index (χ0v) is 9.27. The van der Waals surface area contributed by atoms with E-state index < -0.39 is 11.1 Å². The van der Waals surface area contributed by atoms with Crippen molar-refractivity contribution in [2.24, 2.45) is 0 Å². The predicted molar refractivity (Wildman–Crippen MR) is 59.5 cm³/mol. The summed E-state index contributed by atoms with van der Waals surface area (Å²) in [5.41, 5.74) is 0.539. The molecule has 1 heterocycles. The normalized spacial score (nSPS) is 11.2. The maximum Gasteiger partial charge on any atom is 0.426 e. The predicted octanol–water partition coefficient (Wildman–Crippen LogP) is 4.31. The molecule has 0 radical (unpaired) electrons. The minimum absolute atomic E-state index is 0.0659. The lowest BCUT2D eigenvalue weighted by atomic mass is 10.1. The molecule has 0 spiro atoms. The van der Waals surface area contributed by atoms with Crippen molar-refractivity contribution in [2.45, 2.75) is 6.18 Å². The van der Waals surface area contributed by atoms with Crippen LogP contribution in [0.25, 0.3) is 11.1 Å². The minimum Gasteiger partial charge on any atom is -0.192 e. The first-order valence-corrected chi connectivity index (χ1v) is 5.50. The Labute approximate surface area is 99.7 Å². The molecule has 1 aromatic heterocycles. The van der Waals surface area contributed by atoms with Crippen molar-refractivity contribution in [1.82, 2.24) is 0 Å². The van der Waals surface area contributed by atoms with Gasteiger partial charge in [0.15, 0.2) is 0 Å². The first-order chi connectivity index (χ1) is 8.02. The lowest BCUT2D eigenvalue weighted by Gasteiger charge is -2.07. The first kappa shape index (κ1) is 11.7. The van der Waals surface area contributed by atoms with E-state index in [0.717, 1.165) is 0 Å². The monoisotopic (exact) mass is 253 g/mol. The summed E-state index contributed by atoms with van der Waals surface area (Å²) in [6.07, 6.45) is -4.43. The number of hydrogen-bond acceptors (Lipinski definition) is 2. The number of thiophene rings is 1. The molecule has 1 aromatic carbocycles. The molecule has 2 aromatic rings. The summed E-state index contributed by atoms with van der Waals surface area (Å²) < 4.78 is 38.4. The van der Waals surface area contributed by atoms with Crippen molar-refractivity contribution in [1.29, 1.82) is 5.26 Å². The first-order valence-electron chi connectivity index (χ1n) is 4.69. The molecule has 0 aliphatic heterocycles. The molecule has 0 bridgehead atoms. The fourth-order valence-corrected chi connectivity index (χ4v) is 2.33. The Morgan fingerprint density at radius 2 is 1.76 bits per heavy atom. The second-order valence-corrected chi connectivity index (χ2v) is 4.38. The van der Waals surface area contributed by atoms with E-state index in [1.54, 1.807) is 36.4 Å². The number of hydrogen-bond donors (Lipinski definition) is 0. The topological polar surface area (TPSA) is 23.8 Å². The van der Waals surface area contributed by atoms with Crippen molar-refractivity contribution in [3.8, 4) is 17.2 Å². The SMILES string of the molecule is N#Cc1cc(-c2ccccc2)c(C(F)(F)F)s1. The van der Waals surface area contributed by atoms with Crippen molar-refractivity contribution in [3.05, 3.63) is 46.2 Å². The summed E-state index contributed by atoms with van der Waals surface area (Å²) in [4.78, 5) is -0.656. The molecule has 0 unspecified atom stereocenters. The van der Waals surface area contributed by atoms with Gasteiger partial charge in [-0.05, 0) is 11.6 Å². The maximum absolute atomic E-state index is 12.8. The maximum atomic E-state index is 12.8. The zero-order valence-electron chi connectivity index (χ0n) is 8.45. The highest BCUT2D eigenvalue weighted by molar-refractivity contribution is 7.13. The fourth-order valence-electron chi connectivity index (χ4n) is 1.49. The van der Waals surface area contributed by atoms with Gasteiger partial charge in [-0.3, -0.25) is 0 Å². The summed E-state index contributed by atoms with van der Waals surface area (Å²) in [6.45, 7) is 0. The molecule has 5 heteroatoms. The quantitative estimate of drug-likeness (QED) is 0.743. The van der Waals surface area contributed by atoms with Crippen molar-refractivity contribution < 1.29 is 13.2 Å². The molecule has 1 nitrogen and oxygen atoms in total. The standard InChI is InChI=1S/C12H6F3NS/c13-12(14,15)11-10(6-9(7-16)17-11)8-4-2-1-3-5-8/h1-6H. The average Bonchev–Trinajstić information content (AvgIpc) is 2.74. The van der Waals surface area contributed by atoms with Crippen LogP contribution < -0.4 is 0 Å². The summed E-state index contributed by atoms with van der Waals surface area (Å²) in [7, 11) is 0. The highest BCUT2D eigenvalue weighted by Crippen LogP contribution is 2.42. The van der Waals surface area contributed by atoms with Crippen LogP contribution in [-0.4, -0.2) is 0 Å². The van der Waals surface area contributed by atoms with Crippen LogP contribution in [0.5, 0.6) is 0 Å². The number of halogens is 3. The van der Waals surface area contributed by atoms with Crippen LogP contribution in [0.4, 0.5) is 13.2 Å². The molecule has 0 fully saturated rings. The second-order valence-electron chi connectivity index (χ2n) is 3.33. The molecule has 0 aliphatic carbocycles. The smallest absolute Gasteiger partial charge is 0.192 e. The van der Waals surface area contributed by atoms with Crippen molar-refractivity contribution in [2.75, 3.05) is 0 Å². The van der Waals surface area contributed by atoms with Gasteiger partial charge in [-0.1, -0.05) is 30.3 Å². The van der Waals surface area contributed by atoms with Crippen LogP contribution in [0.1, 0.15) is 9.75 Å². The fraction of sp³-hybridized carbons (Fsp3) is 0.0833. The average molecular weight is 253 g/mol. The van der Waals surface area contributed by atoms with Gasteiger partial charge in [0.25, 0.3) is 0 Å². The third-order valence-corrected chi connectivity index (χ3v) is 3.27. The van der Waals surface area contributed by atoms with E-state index in [4.69, 9.17) is 5.26 Å². The molecule has 0 saturated carbocycles. The molecule has 0 saturated heterocycles. The van der Waals surface area contributed by atoms with Gasteiger partial charge in [0.1, 0.15) is 15.8 Å². The van der Waals surface area contributed by atoms with E-state index in [0.29, 0.717) is 16.9 Å². The van der Waals surface area contributed by atoms with Crippen LogP contribution >= 0.6 is 11.3 Å². The highest BCUT2D eigenvalue weighted by atomic mass is 32.1. The Hall–Kier alpha value is -1.80. The molecule has 0 amide bonds. The Morgan fingerprint density at radius 3 is 2.29 bits per heavy atom. The third kappa shape index (κ3) is 2.32. The van der Waals surface area contributed by atoms with Crippen LogP contribution in [0.15, 0.2) is 36.4 Å². The van der Waals surface area contributed by atoms with Crippen LogP contribution in [0.2, 0.25) is 0 Å². The van der Waals surface area contributed by atoms with Gasteiger partial charge in [0, 0.05) is 5.56 Å². The number of nitrogens with zero attached hydrogens (tertiary/aromatic N) is 1. The molecule has 86 valence electrons. The van der Waals surface area contributed by atoms with E-state index in [2.05, 4.69) is 0 Å². The van der Waals surface area contributed by atoms with Gasteiger partial charge in [-0.15, -0.1) is 11.3 Å². The molecule has 0 aliphatic rings. The van der Waals surface area contributed by atoms with E-state index in [-0.39, 0.29) is 10.4 Å². The molecule has 0 N–H and O–H groups in total. The zero-order chi connectivity index (χ0) is 12.5. The molecule has 17 heavy (non-hydrogen) atoms. The lowest BCUT2D eigenvalue weighted by Crippen LogP contribution is -2.03. The number of alkyl halides is 3. The molecule has 0 atom stereocenters. The Kier molecular flexibility index (Phi) is 2.90. The Balaban J connectivity index is 2.62. The van der Waals surface area contributed by atoms with Crippen LogP contribution in [0.3, 0.4) is 0 Å². The summed E-state index contributed by atoms with van der Waals surface area (Å²) >= 11 is 0.475. The van der Waals surface area contributed by atoms with Crippen LogP contribution in [0, 0.1) is 11.3 Å². The minimum atomic E-state index is -4.43. The largest absolute Gasteiger partial charge is 0.426 e. The van der Waals surface area contributed by atoms with E-state index >= 15 is 0 Å². The lowest BCUT2D eigenvalue weighted by molar-refractivity contribution is -0.133. The number of rotatable bonds is 1. The third-order valence-electron chi connectivity index (χ3n) is 2.18. The van der Waals surface area contributed by atoms with Gasteiger partial charge >= 0.3 is 6.18 Å². The second kappa shape index (κ2) is 4.22. The van der Waals surface area contributed by atoms with Crippen LogP contribution in [-0.2, 0) is 6.18 Å². The van der Waals surface area contributed by atoms with E-state index in [9.17, 15) is 13.2 Å². The van der Waals surface area contributed by atoms with E-state index in [1.807, 2.05) is 0 Å². The van der Waals surface area contributed by atoms with Gasteiger partial charge in [-0.25, -0.2) is 0 Å². The Bertz CT molecular complexity index is 564. The van der Waals surface area contributed by atoms with Gasteiger partial charge in [-0.2, -0.15) is 18.4 Å². The Morgan fingerprint density at radius 1 is 1.12 bits per heavy atom.